The molecule has 2 rings (SSSR count). The third-order valence-electron chi connectivity index (χ3n) is 4.54. The molecule has 1 aromatic rings. The quantitative estimate of drug-likeness (QED) is 0.758. The monoisotopic (exact) mass is 376 g/mol. The standard InChI is InChI=1S/C20H28N2O5/c1-20(2,3)27-19(25)22-12-10-16(11-13-22)21(4)17(23)14-6-8-15(9-7-14)18(24)26-5/h6-9,16H,10-13H2,1-5H3. The summed E-state index contributed by atoms with van der Waals surface area (Å²) in [4.78, 5) is 39.7. The average molecular weight is 376 g/mol. The third-order valence-corrected chi connectivity index (χ3v) is 4.54. The smallest absolute Gasteiger partial charge is 0.410 e. The molecule has 1 aliphatic rings. The molecule has 7 nitrogen and oxygen atoms in total. The minimum Gasteiger partial charge on any atom is -0.465 e. The van der Waals surface area contributed by atoms with Crippen LogP contribution in [0.15, 0.2) is 24.3 Å². The van der Waals surface area contributed by atoms with Crippen LogP contribution in [0.2, 0.25) is 0 Å². The number of rotatable bonds is 3. The Hall–Kier alpha value is -2.57. The largest absolute Gasteiger partial charge is 0.465 e. The summed E-state index contributed by atoms with van der Waals surface area (Å²) in [6.45, 7) is 6.64. The molecular weight excluding hydrogens is 348 g/mol. The number of hydrogen-bond donors (Lipinski definition) is 0. The summed E-state index contributed by atoms with van der Waals surface area (Å²) in [6, 6.07) is 6.47. The number of ether oxygens (including phenoxy) is 2. The minimum absolute atomic E-state index is 0.0523. The van der Waals surface area contributed by atoms with Crippen LogP contribution in [-0.2, 0) is 9.47 Å². The van der Waals surface area contributed by atoms with E-state index in [4.69, 9.17) is 4.74 Å². The lowest BCUT2D eigenvalue weighted by Crippen LogP contribution is -2.48. The topological polar surface area (TPSA) is 76.2 Å². The summed E-state index contributed by atoms with van der Waals surface area (Å²) in [6.07, 6.45) is 1.08. The van der Waals surface area contributed by atoms with E-state index in [0.717, 1.165) is 0 Å². The molecule has 1 aromatic carbocycles. The Morgan fingerprint density at radius 2 is 1.56 bits per heavy atom. The van der Waals surface area contributed by atoms with Gasteiger partial charge in [0.25, 0.3) is 5.91 Å². The van der Waals surface area contributed by atoms with Gasteiger partial charge < -0.3 is 19.3 Å². The van der Waals surface area contributed by atoms with Gasteiger partial charge in [-0.1, -0.05) is 0 Å². The molecule has 0 radical (unpaired) electrons. The Morgan fingerprint density at radius 3 is 2.04 bits per heavy atom. The molecule has 0 aliphatic carbocycles. The first-order valence-corrected chi connectivity index (χ1v) is 9.06. The highest BCUT2D eigenvalue weighted by molar-refractivity contribution is 5.96. The number of carbonyl (C=O) groups is 3. The molecule has 27 heavy (non-hydrogen) atoms. The summed E-state index contributed by atoms with van der Waals surface area (Å²) >= 11 is 0. The summed E-state index contributed by atoms with van der Waals surface area (Å²) in [5.74, 6) is -0.543. The van der Waals surface area contributed by atoms with Gasteiger partial charge in [-0.3, -0.25) is 4.79 Å². The molecule has 0 spiro atoms. The van der Waals surface area contributed by atoms with Gasteiger partial charge >= 0.3 is 12.1 Å². The predicted octanol–water partition coefficient (Wildman–Crippen LogP) is 2.94. The molecule has 0 unspecified atom stereocenters. The normalized spacial score (nSPS) is 15.2. The van der Waals surface area contributed by atoms with Crippen molar-refractivity contribution >= 4 is 18.0 Å². The molecule has 0 saturated carbocycles. The number of likely N-dealkylation sites (tertiary alicyclic amines) is 1. The van der Waals surface area contributed by atoms with E-state index in [0.29, 0.717) is 37.1 Å². The van der Waals surface area contributed by atoms with E-state index in [2.05, 4.69) is 4.74 Å². The number of amides is 2. The Balaban J connectivity index is 1.93. The first-order chi connectivity index (χ1) is 12.6. The van der Waals surface area contributed by atoms with Crippen molar-refractivity contribution in [2.45, 2.75) is 45.3 Å². The second kappa shape index (κ2) is 8.41. The van der Waals surface area contributed by atoms with Crippen LogP contribution in [0.1, 0.15) is 54.3 Å². The molecule has 0 bridgehead atoms. The number of carbonyl (C=O) groups excluding carboxylic acids is 3. The summed E-state index contributed by atoms with van der Waals surface area (Å²) in [7, 11) is 3.09. The maximum Gasteiger partial charge on any atom is 0.410 e. The van der Waals surface area contributed by atoms with E-state index in [1.54, 1.807) is 41.1 Å². The second-order valence-electron chi connectivity index (χ2n) is 7.68. The lowest BCUT2D eigenvalue weighted by molar-refractivity contribution is 0.0159. The molecule has 1 fully saturated rings. The molecule has 1 saturated heterocycles. The summed E-state index contributed by atoms with van der Waals surface area (Å²) in [5.41, 5.74) is 0.402. The Kier molecular flexibility index (Phi) is 6.46. The van der Waals surface area contributed by atoms with Crippen molar-refractivity contribution < 1.29 is 23.9 Å². The Labute approximate surface area is 160 Å². The van der Waals surface area contributed by atoms with E-state index in [1.807, 2.05) is 20.8 Å². The zero-order chi connectivity index (χ0) is 20.2. The van der Waals surface area contributed by atoms with Gasteiger partial charge in [0.05, 0.1) is 12.7 Å². The Morgan fingerprint density at radius 1 is 1.04 bits per heavy atom. The van der Waals surface area contributed by atoms with Crippen LogP contribution in [0.3, 0.4) is 0 Å². The second-order valence-corrected chi connectivity index (χ2v) is 7.68. The average Bonchev–Trinajstić information content (AvgIpc) is 2.65. The van der Waals surface area contributed by atoms with Crippen LogP contribution < -0.4 is 0 Å². The van der Waals surface area contributed by atoms with Crippen LogP contribution >= 0.6 is 0 Å². The van der Waals surface area contributed by atoms with Gasteiger partial charge in [0, 0.05) is 31.7 Å². The molecule has 0 N–H and O–H groups in total. The van der Waals surface area contributed by atoms with Crippen LogP contribution in [0.4, 0.5) is 4.79 Å². The van der Waals surface area contributed by atoms with Gasteiger partial charge in [0.15, 0.2) is 0 Å². The van der Waals surface area contributed by atoms with E-state index in [9.17, 15) is 14.4 Å². The predicted molar refractivity (Wildman–Crippen MR) is 101 cm³/mol. The molecular formula is C20H28N2O5. The van der Waals surface area contributed by atoms with E-state index < -0.39 is 11.6 Å². The first kappa shape index (κ1) is 20.7. The van der Waals surface area contributed by atoms with Gasteiger partial charge in [-0.15, -0.1) is 0 Å². The maximum atomic E-state index is 12.7. The number of piperidine rings is 1. The van der Waals surface area contributed by atoms with Crippen molar-refractivity contribution in [3.8, 4) is 0 Å². The zero-order valence-corrected chi connectivity index (χ0v) is 16.7. The van der Waals surface area contributed by atoms with Gasteiger partial charge in [-0.05, 0) is 57.9 Å². The Bertz CT molecular complexity index is 685. The van der Waals surface area contributed by atoms with Crippen LogP contribution in [0, 0.1) is 0 Å². The molecule has 148 valence electrons. The third kappa shape index (κ3) is 5.45. The van der Waals surface area contributed by atoms with Gasteiger partial charge in [0.1, 0.15) is 5.60 Å². The van der Waals surface area contributed by atoms with Gasteiger partial charge in [0.2, 0.25) is 0 Å². The van der Waals surface area contributed by atoms with Gasteiger partial charge in [-0.2, -0.15) is 0 Å². The molecule has 0 atom stereocenters. The fourth-order valence-corrected chi connectivity index (χ4v) is 3.00. The fourth-order valence-electron chi connectivity index (χ4n) is 3.00. The molecule has 7 heteroatoms. The first-order valence-electron chi connectivity index (χ1n) is 9.06. The highest BCUT2D eigenvalue weighted by Gasteiger charge is 2.30. The molecule has 1 heterocycles. The summed E-state index contributed by atoms with van der Waals surface area (Å²) in [5, 5.41) is 0. The van der Waals surface area contributed by atoms with Crippen molar-refractivity contribution in [2.24, 2.45) is 0 Å². The fraction of sp³-hybridized carbons (Fsp3) is 0.550. The molecule has 0 aromatic heterocycles. The van der Waals surface area contributed by atoms with Crippen LogP contribution in [0.25, 0.3) is 0 Å². The van der Waals surface area contributed by atoms with Crippen LogP contribution in [0.5, 0.6) is 0 Å². The zero-order valence-electron chi connectivity index (χ0n) is 16.7. The van der Waals surface area contributed by atoms with E-state index in [1.165, 1.54) is 7.11 Å². The van der Waals surface area contributed by atoms with Crippen LogP contribution in [-0.4, -0.2) is 66.7 Å². The van der Waals surface area contributed by atoms with Crippen molar-refractivity contribution in [1.29, 1.82) is 0 Å². The SMILES string of the molecule is COC(=O)c1ccc(C(=O)N(C)C2CCN(C(=O)OC(C)(C)C)CC2)cc1. The minimum atomic E-state index is -0.517. The highest BCUT2D eigenvalue weighted by atomic mass is 16.6. The van der Waals surface area contributed by atoms with Crippen molar-refractivity contribution in [3.63, 3.8) is 0 Å². The number of hydrogen-bond acceptors (Lipinski definition) is 5. The number of methoxy groups -OCH3 is 1. The lowest BCUT2D eigenvalue weighted by atomic mass is 10.0. The number of benzene rings is 1. The van der Waals surface area contributed by atoms with Crippen molar-refractivity contribution in [3.05, 3.63) is 35.4 Å². The summed E-state index contributed by atoms with van der Waals surface area (Å²) < 4.78 is 10.1. The van der Waals surface area contributed by atoms with Crippen molar-refractivity contribution in [2.75, 3.05) is 27.2 Å². The number of esters is 1. The van der Waals surface area contributed by atoms with Gasteiger partial charge in [-0.25, -0.2) is 9.59 Å². The lowest BCUT2D eigenvalue weighted by Gasteiger charge is -2.37. The van der Waals surface area contributed by atoms with Crippen molar-refractivity contribution in [1.82, 2.24) is 9.80 Å². The maximum absolute atomic E-state index is 12.7. The highest BCUT2D eigenvalue weighted by Crippen LogP contribution is 2.20. The molecule has 2 amide bonds. The molecule has 1 aliphatic heterocycles. The van der Waals surface area contributed by atoms with E-state index >= 15 is 0 Å². The van der Waals surface area contributed by atoms with E-state index in [-0.39, 0.29) is 18.0 Å². The number of nitrogens with zero attached hydrogens (tertiary/aromatic N) is 2.